The van der Waals surface area contributed by atoms with Crippen molar-refractivity contribution in [1.29, 1.82) is 5.26 Å². The third-order valence-electron chi connectivity index (χ3n) is 6.34. The molecule has 32 heavy (non-hydrogen) atoms. The Morgan fingerprint density at radius 1 is 1.19 bits per heavy atom. The molecule has 0 aliphatic heterocycles. The molecule has 0 saturated heterocycles. The van der Waals surface area contributed by atoms with Gasteiger partial charge in [-0.25, -0.2) is 0 Å². The number of nitrogens with two attached hydrogens (primary N) is 1. The number of nitrogens with one attached hydrogen (secondary N) is 1. The fraction of sp³-hybridized carbons (Fsp3) is 0.500. The van der Waals surface area contributed by atoms with E-state index in [0.717, 1.165) is 17.2 Å². The van der Waals surface area contributed by atoms with Crippen molar-refractivity contribution in [2.75, 3.05) is 6.54 Å². The van der Waals surface area contributed by atoms with E-state index in [2.05, 4.69) is 52.1 Å². The monoisotopic (exact) mass is 433 g/mol. The van der Waals surface area contributed by atoms with Gasteiger partial charge in [-0.3, -0.25) is 15.1 Å². The number of nitrogens with zero attached hydrogens (tertiary/aromatic N) is 3. The Morgan fingerprint density at radius 2 is 1.94 bits per heavy atom. The van der Waals surface area contributed by atoms with E-state index >= 15 is 0 Å². The van der Waals surface area contributed by atoms with Crippen molar-refractivity contribution in [3.8, 4) is 17.3 Å². The molecule has 0 radical (unpaired) electrons. The Kier molecular flexibility index (Phi) is 8.91. The lowest BCUT2D eigenvalue weighted by Gasteiger charge is -2.29. The van der Waals surface area contributed by atoms with Crippen LogP contribution in [0, 0.1) is 17.2 Å². The van der Waals surface area contributed by atoms with Gasteiger partial charge < -0.3 is 10.3 Å². The first-order valence-electron chi connectivity index (χ1n) is 11.8. The van der Waals surface area contributed by atoms with Crippen LogP contribution in [0.3, 0.4) is 0 Å². The molecular formula is C26H35N5O. The second-order valence-electron chi connectivity index (χ2n) is 8.68. The molecule has 1 aliphatic rings. The summed E-state index contributed by atoms with van der Waals surface area (Å²) < 4.78 is 2.15. The highest BCUT2D eigenvalue weighted by Gasteiger charge is 2.26. The van der Waals surface area contributed by atoms with Crippen molar-refractivity contribution in [3.63, 3.8) is 0 Å². The number of carbonyl (C=O) groups is 1. The van der Waals surface area contributed by atoms with E-state index in [4.69, 9.17) is 11.0 Å². The molecule has 1 saturated carbocycles. The number of nitriles is 1. The van der Waals surface area contributed by atoms with E-state index in [1.165, 1.54) is 44.2 Å². The Bertz CT molecular complexity index is 933. The van der Waals surface area contributed by atoms with Gasteiger partial charge in [0.15, 0.2) is 5.96 Å². The van der Waals surface area contributed by atoms with E-state index in [1.807, 2.05) is 18.2 Å². The Labute approximate surface area is 191 Å². The van der Waals surface area contributed by atoms with Crippen LogP contribution in [0.1, 0.15) is 69.9 Å². The van der Waals surface area contributed by atoms with Crippen molar-refractivity contribution in [2.24, 2.45) is 16.6 Å². The number of amides is 1. The first kappa shape index (κ1) is 23.6. The summed E-state index contributed by atoms with van der Waals surface area (Å²) in [6.07, 6.45) is 8.51. The van der Waals surface area contributed by atoms with Crippen LogP contribution in [0.4, 0.5) is 0 Å². The van der Waals surface area contributed by atoms with Crippen molar-refractivity contribution < 1.29 is 4.79 Å². The lowest BCUT2D eigenvalue weighted by atomic mass is 9.79. The summed E-state index contributed by atoms with van der Waals surface area (Å²) in [7, 11) is 0. The quantitative estimate of drug-likeness (QED) is 0.332. The minimum absolute atomic E-state index is 0.114. The van der Waals surface area contributed by atoms with Gasteiger partial charge in [0, 0.05) is 24.4 Å². The van der Waals surface area contributed by atoms with Crippen molar-refractivity contribution in [3.05, 3.63) is 48.2 Å². The summed E-state index contributed by atoms with van der Waals surface area (Å²) in [5, 5.41) is 11.3. The molecule has 1 amide bonds. The van der Waals surface area contributed by atoms with Gasteiger partial charge in [0.1, 0.15) is 6.54 Å². The van der Waals surface area contributed by atoms with Gasteiger partial charge in [0.2, 0.25) is 5.91 Å². The molecule has 1 aromatic carbocycles. The zero-order valence-electron chi connectivity index (χ0n) is 19.1. The molecular weight excluding hydrogens is 398 g/mol. The van der Waals surface area contributed by atoms with Gasteiger partial charge in [-0.15, -0.1) is 0 Å². The van der Waals surface area contributed by atoms with Crippen LogP contribution >= 0.6 is 0 Å². The summed E-state index contributed by atoms with van der Waals surface area (Å²) in [4.78, 5) is 17.0. The first-order valence-corrected chi connectivity index (χ1v) is 11.8. The van der Waals surface area contributed by atoms with E-state index < -0.39 is 0 Å². The predicted molar refractivity (Wildman–Crippen MR) is 129 cm³/mol. The molecule has 0 unspecified atom stereocenters. The normalized spacial score (nSPS) is 18.8. The lowest BCUT2D eigenvalue weighted by Crippen LogP contribution is -2.39. The highest BCUT2D eigenvalue weighted by Crippen LogP contribution is 2.39. The van der Waals surface area contributed by atoms with E-state index in [0.29, 0.717) is 25.3 Å². The van der Waals surface area contributed by atoms with Crippen LogP contribution in [0.25, 0.3) is 11.3 Å². The van der Waals surface area contributed by atoms with Gasteiger partial charge in [-0.2, -0.15) is 5.26 Å². The Balaban J connectivity index is 1.76. The maximum atomic E-state index is 12.8. The van der Waals surface area contributed by atoms with Crippen molar-refractivity contribution >= 4 is 11.9 Å². The molecule has 1 aromatic heterocycles. The Hall–Kier alpha value is -3.07. The molecule has 1 aliphatic carbocycles. The number of aromatic nitrogens is 1. The van der Waals surface area contributed by atoms with Gasteiger partial charge in [-0.05, 0) is 61.6 Å². The zero-order valence-corrected chi connectivity index (χ0v) is 19.1. The van der Waals surface area contributed by atoms with E-state index in [9.17, 15) is 4.79 Å². The van der Waals surface area contributed by atoms with Crippen LogP contribution < -0.4 is 11.1 Å². The molecule has 3 N–H and O–H groups in total. The number of guanidine groups is 1. The largest absolute Gasteiger partial charge is 0.370 e. The van der Waals surface area contributed by atoms with Crippen molar-refractivity contribution in [2.45, 2.75) is 70.8 Å². The highest BCUT2D eigenvalue weighted by atomic mass is 16.2. The molecule has 1 fully saturated rings. The Morgan fingerprint density at radius 3 is 2.62 bits per heavy atom. The van der Waals surface area contributed by atoms with E-state index in [-0.39, 0.29) is 18.4 Å². The molecule has 6 nitrogen and oxygen atoms in total. The molecule has 170 valence electrons. The van der Waals surface area contributed by atoms with Crippen molar-refractivity contribution in [1.82, 2.24) is 9.88 Å². The predicted octanol–water partition coefficient (Wildman–Crippen LogP) is 4.96. The smallest absolute Gasteiger partial charge is 0.246 e. The van der Waals surface area contributed by atoms with Gasteiger partial charge in [0.25, 0.3) is 0 Å². The minimum atomic E-state index is -0.180. The number of carbonyl (C=O) groups excluding carboxylic acids is 1. The first-order chi connectivity index (χ1) is 15.6. The highest BCUT2D eigenvalue weighted by molar-refractivity contribution is 5.96. The topological polar surface area (TPSA) is 96.2 Å². The SMILES string of the molecule is CCCC1CCC(c2ccc(-c3ccccc3)n2CC(=O)NC(N)=NCCCC#N)CC1. The molecule has 3 rings (SSSR count). The summed E-state index contributed by atoms with van der Waals surface area (Å²) in [6, 6.07) is 16.6. The number of rotatable bonds is 9. The second-order valence-corrected chi connectivity index (χ2v) is 8.68. The van der Waals surface area contributed by atoms with Gasteiger partial charge in [0.05, 0.1) is 6.07 Å². The number of benzene rings is 1. The van der Waals surface area contributed by atoms with Crippen LogP contribution in [-0.2, 0) is 11.3 Å². The molecule has 2 aromatic rings. The zero-order chi connectivity index (χ0) is 22.8. The third-order valence-corrected chi connectivity index (χ3v) is 6.34. The summed E-state index contributed by atoms with van der Waals surface area (Å²) in [5.41, 5.74) is 9.27. The fourth-order valence-electron chi connectivity index (χ4n) is 4.76. The van der Waals surface area contributed by atoms with Crippen LogP contribution in [0.5, 0.6) is 0 Å². The minimum Gasteiger partial charge on any atom is -0.370 e. The number of aliphatic imine (C=N–C) groups is 1. The maximum Gasteiger partial charge on any atom is 0.246 e. The molecule has 6 heteroatoms. The van der Waals surface area contributed by atoms with Crippen LogP contribution in [0.15, 0.2) is 47.5 Å². The van der Waals surface area contributed by atoms with Crippen LogP contribution in [-0.4, -0.2) is 23.0 Å². The second kappa shape index (κ2) is 12.1. The maximum absolute atomic E-state index is 12.8. The number of hydrogen-bond donors (Lipinski definition) is 2. The van der Waals surface area contributed by atoms with Gasteiger partial charge in [-0.1, -0.05) is 50.1 Å². The number of hydrogen-bond acceptors (Lipinski definition) is 3. The van der Waals surface area contributed by atoms with Gasteiger partial charge >= 0.3 is 0 Å². The average molecular weight is 434 g/mol. The number of unbranched alkanes of at least 4 members (excludes halogenated alkanes) is 1. The van der Waals surface area contributed by atoms with Crippen LogP contribution in [0.2, 0.25) is 0 Å². The molecule has 0 atom stereocenters. The third kappa shape index (κ3) is 6.46. The summed E-state index contributed by atoms with van der Waals surface area (Å²) in [6.45, 7) is 2.90. The molecule has 0 spiro atoms. The summed E-state index contributed by atoms with van der Waals surface area (Å²) in [5.74, 6) is 1.25. The summed E-state index contributed by atoms with van der Waals surface area (Å²) >= 11 is 0. The lowest BCUT2D eigenvalue weighted by molar-refractivity contribution is -0.120. The molecule has 1 heterocycles. The van der Waals surface area contributed by atoms with E-state index in [1.54, 1.807) is 0 Å². The molecule has 0 bridgehead atoms. The fourth-order valence-corrected chi connectivity index (χ4v) is 4.76. The average Bonchev–Trinajstić information content (AvgIpc) is 3.21. The standard InChI is InChI=1S/C26H35N5O/c1-2-8-20-11-13-22(14-12-20)24-16-15-23(21-9-4-3-5-10-21)31(24)19-25(32)30-26(28)29-18-7-6-17-27/h3-5,9-10,15-16,20,22H,2,6-8,11-14,18-19H2,1H3,(H3,28,29,30,32).